The molecule has 0 aromatic rings. The third-order valence-corrected chi connectivity index (χ3v) is 2.36. The maximum absolute atomic E-state index is 4.98. The molecular formula is C12H27NO. The SMILES string of the molecule is COCCNCC(C)CCC(C)(C)C. The van der Waals surface area contributed by atoms with Gasteiger partial charge < -0.3 is 10.1 Å². The molecule has 0 aliphatic carbocycles. The van der Waals surface area contributed by atoms with Crippen molar-refractivity contribution in [2.75, 3.05) is 26.8 Å². The number of ether oxygens (including phenoxy) is 1. The first-order valence-corrected chi connectivity index (χ1v) is 5.65. The summed E-state index contributed by atoms with van der Waals surface area (Å²) < 4.78 is 4.98. The summed E-state index contributed by atoms with van der Waals surface area (Å²) in [6.07, 6.45) is 2.61. The molecule has 0 radical (unpaired) electrons. The van der Waals surface area contributed by atoms with Gasteiger partial charge >= 0.3 is 0 Å². The summed E-state index contributed by atoms with van der Waals surface area (Å²) in [7, 11) is 1.74. The van der Waals surface area contributed by atoms with E-state index in [0.717, 1.165) is 25.6 Å². The van der Waals surface area contributed by atoms with Crippen LogP contribution in [0.1, 0.15) is 40.5 Å². The Balaban J connectivity index is 3.32. The summed E-state index contributed by atoms with van der Waals surface area (Å²) >= 11 is 0. The highest BCUT2D eigenvalue weighted by Crippen LogP contribution is 2.23. The van der Waals surface area contributed by atoms with Crippen molar-refractivity contribution in [2.45, 2.75) is 40.5 Å². The zero-order chi connectivity index (χ0) is 11.0. The molecular weight excluding hydrogens is 174 g/mol. The molecule has 0 fully saturated rings. The van der Waals surface area contributed by atoms with Gasteiger partial charge in [-0.3, -0.25) is 0 Å². The third kappa shape index (κ3) is 10.0. The molecule has 0 aliphatic heterocycles. The molecule has 0 saturated carbocycles. The minimum Gasteiger partial charge on any atom is -0.383 e. The van der Waals surface area contributed by atoms with Gasteiger partial charge in [-0.25, -0.2) is 0 Å². The number of nitrogens with one attached hydrogen (secondary N) is 1. The van der Waals surface area contributed by atoms with E-state index < -0.39 is 0 Å². The monoisotopic (exact) mass is 201 g/mol. The predicted molar refractivity (Wildman–Crippen MR) is 62.6 cm³/mol. The summed E-state index contributed by atoms with van der Waals surface area (Å²) in [6.45, 7) is 12.1. The second-order valence-corrected chi connectivity index (χ2v) is 5.40. The zero-order valence-corrected chi connectivity index (χ0v) is 10.5. The Morgan fingerprint density at radius 1 is 1.29 bits per heavy atom. The Morgan fingerprint density at radius 2 is 1.93 bits per heavy atom. The molecule has 1 atom stereocenters. The third-order valence-electron chi connectivity index (χ3n) is 2.36. The van der Waals surface area contributed by atoms with Crippen molar-refractivity contribution in [3.8, 4) is 0 Å². The first-order valence-electron chi connectivity index (χ1n) is 5.65. The van der Waals surface area contributed by atoms with Gasteiger partial charge in [0.25, 0.3) is 0 Å². The molecule has 1 N–H and O–H groups in total. The van der Waals surface area contributed by atoms with E-state index >= 15 is 0 Å². The van der Waals surface area contributed by atoms with Crippen LogP contribution in [0.2, 0.25) is 0 Å². The zero-order valence-electron chi connectivity index (χ0n) is 10.5. The van der Waals surface area contributed by atoms with Gasteiger partial charge in [0, 0.05) is 13.7 Å². The van der Waals surface area contributed by atoms with Crippen LogP contribution in [0.5, 0.6) is 0 Å². The Hall–Kier alpha value is -0.0800. The van der Waals surface area contributed by atoms with Gasteiger partial charge in [-0.05, 0) is 30.7 Å². The Morgan fingerprint density at radius 3 is 2.43 bits per heavy atom. The van der Waals surface area contributed by atoms with E-state index in [0.29, 0.717) is 5.41 Å². The lowest BCUT2D eigenvalue weighted by Gasteiger charge is -2.21. The van der Waals surface area contributed by atoms with Crippen LogP contribution in [0, 0.1) is 11.3 Å². The van der Waals surface area contributed by atoms with Crippen molar-refractivity contribution in [1.29, 1.82) is 0 Å². The van der Waals surface area contributed by atoms with E-state index in [1.165, 1.54) is 12.8 Å². The lowest BCUT2D eigenvalue weighted by molar-refractivity contribution is 0.197. The van der Waals surface area contributed by atoms with Crippen LogP contribution < -0.4 is 5.32 Å². The maximum Gasteiger partial charge on any atom is 0.0587 e. The molecule has 1 unspecified atom stereocenters. The van der Waals surface area contributed by atoms with Crippen LogP contribution in [-0.2, 0) is 4.74 Å². The molecule has 86 valence electrons. The van der Waals surface area contributed by atoms with Crippen LogP contribution in [0.3, 0.4) is 0 Å². The highest BCUT2D eigenvalue weighted by molar-refractivity contribution is 4.65. The van der Waals surface area contributed by atoms with Gasteiger partial charge in [0.2, 0.25) is 0 Å². The minimum absolute atomic E-state index is 0.473. The average Bonchev–Trinajstić information content (AvgIpc) is 2.08. The van der Waals surface area contributed by atoms with Crippen molar-refractivity contribution in [1.82, 2.24) is 5.32 Å². The van der Waals surface area contributed by atoms with Crippen LogP contribution in [0.15, 0.2) is 0 Å². The van der Waals surface area contributed by atoms with E-state index in [9.17, 15) is 0 Å². The van der Waals surface area contributed by atoms with Gasteiger partial charge in [-0.1, -0.05) is 27.7 Å². The first kappa shape index (κ1) is 13.9. The Bertz CT molecular complexity index is 129. The van der Waals surface area contributed by atoms with Gasteiger partial charge in [-0.2, -0.15) is 0 Å². The van der Waals surface area contributed by atoms with Gasteiger partial charge in [-0.15, -0.1) is 0 Å². The molecule has 2 nitrogen and oxygen atoms in total. The Labute approximate surface area is 89.4 Å². The normalized spacial score (nSPS) is 14.4. The molecule has 2 heteroatoms. The second kappa shape index (κ2) is 7.24. The topological polar surface area (TPSA) is 21.3 Å². The molecule has 0 aromatic heterocycles. The summed E-state index contributed by atoms with van der Waals surface area (Å²) in [5.41, 5.74) is 0.473. The van der Waals surface area contributed by atoms with E-state index in [-0.39, 0.29) is 0 Å². The van der Waals surface area contributed by atoms with E-state index in [4.69, 9.17) is 4.74 Å². The predicted octanol–water partition coefficient (Wildman–Crippen LogP) is 2.68. The molecule has 0 aromatic carbocycles. The Kier molecular flexibility index (Phi) is 7.20. The number of methoxy groups -OCH3 is 1. The van der Waals surface area contributed by atoms with Crippen LogP contribution in [0.25, 0.3) is 0 Å². The minimum atomic E-state index is 0.473. The van der Waals surface area contributed by atoms with Crippen LogP contribution in [-0.4, -0.2) is 26.8 Å². The number of hydrogen-bond acceptors (Lipinski definition) is 2. The summed E-state index contributed by atoms with van der Waals surface area (Å²) in [4.78, 5) is 0. The van der Waals surface area contributed by atoms with E-state index in [1.54, 1.807) is 7.11 Å². The lowest BCUT2D eigenvalue weighted by Crippen LogP contribution is -2.25. The highest BCUT2D eigenvalue weighted by atomic mass is 16.5. The molecule has 0 amide bonds. The molecule has 0 heterocycles. The molecule has 14 heavy (non-hydrogen) atoms. The maximum atomic E-state index is 4.98. The summed E-state index contributed by atoms with van der Waals surface area (Å²) in [5, 5.41) is 3.40. The smallest absolute Gasteiger partial charge is 0.0587 e. The first-order chi connectivity index (χ1) is 6.45. The average molecular weight is 201 g/mol. The number of rotatable bonds is 7. The van der Waals surface area contributed by atoms with Crippen LogP contribution in [0.4, 0.5) is 0 Å². The summed E-state index contributed by atoms with van der Waals surface area (Å²) in [5.74, 6) is 0.770. The highest BCUT2D eigenvalue weighted by Gasteiger charge is 2.11. The number of hydrogen-bond donors (Lipinski definition) is 1. The van der Waals surface area contributed by atoms with Crippen molar-refractivity contribution < 1.29 is 4.74 Å². The quantitative estimate of drug-likeness (QED) is 0.639. The fourth-order valence-electron chi connectivity index (χ4n) is 1.30. The van der Waals surface area contributed by atoms with Crippen molar-refractivity contribution >= 4 is 0 Å². The molecule has 0 saturated heterocycles. The van der Waals surface area contributed by atoms with Crippen molar-refractivity contribution in [3.63, 3.8) is 0 Å². The second-order valence-electron chi connectivity index (χ2n) is 5.40. The fraction of sp³-hybridized carbons (Fsp3) is 1.00. The van der Waals surface area contributed by atoms with Crippen LogP contribution >= 0.6 is 0 Å². The van der Waals surface area contributed by atoms with E-state index in [2.05, 4.69) is 33.0 Å². The molecule has 0 bridgehead atoms. The fourth-order valence-corrected chi connectivity index (χ4v) is 1.30. The molecule has 0 aliphatic rings. The molecule has 0 rings (SSSR count). The van der Waals surface area contributed by atoms with Gasteiger partial charge in [0.15, 0.2) is 0 Å². The largest absolute Gasteiger partial charge is 0.383 e. The van der Waals surface area contributed by atoms with Crippen molar-refractivity contribution in [2.24, 2.45) is 11.3 Å². The van der Waals surface area contributed by atoms with Crippen molar-refractivity contribution in [3.05, 3.63) is 0 Å². The van der Waals surface area contributed by atoms with Gasteiger partial charge in [0.1, 0.15) is 0 Å². The lowest BCUT2D eigenvalue weighted by atomic mass is 9.87. The van der Waals surface area contributed by atoms with E-state index in [1.807, 2.05) is 0 Å². The summed E-state index contributed by atoms with van der Waals surface area (Å²) in [6, 6.07) is 0. The molecule has 0 spiro atoms. The van der Waals surface area contributed by atoms with Gasteiger partial charge in [0.05, 0.1) is 6.61 Å². The standard InChI is InChI=1S/C12H27NO/c1-11(6-7-12(2,3)4)10-13-8-9-14-5/h11,13H,6-10H2,1-5H3.